The normalized spacial score (nSPS) is 11.2. The molecule has 2 heterocycles. The summed E-state index contributed by atoms with van der Waals surface area (Å²) in [7, 11) is 0. The van der Waals surface area contributed by atoms with Crippen LogP contribution in [0.15, 0.2) is 22.3 Å². The second-order valence-electron chi connectivity index (χ2n) is 7.20. The Morgan fingerprint density at radius 2 is 1.21 bits per heavy atom. The van der Waals surface area contributed by atoms with E-state index in [4.69, 9.17) is 0 Å². The summed E-state index contributed by atoms with van der Waals surface area (Å²) < 4.78 is 0. The number of hydrazone groups is 2. The maximum Gasteiger partial charge on any atom is 0.283 e. The fourth-order valence-corrected chi connectivity index (χ4v) is 4.59. The summed E-state index contributed by atoms with van der Waals surface area (Å²) in [6, 6.07) is 2.82. The number of carbonyl (C=O) groups is 2. The zero-order valence-corrected chi connectivity index (χ0v) is 20.2. The van der Waals surface area contributed by atoms with Crippen molar-refractivity contribution in [3.8, 4) is 0 Å². The molecular weight excluding hydrogens is 484 g/mol. The maximum atomic E-state index is 11.8. The minimum atomic E-state index is -0.458. The number of hydrogen-bond acceptors (Lipinski definition) is 10. The van der Waals surface area contributed by atoms with E-state index in [-0.39, 0.29) is 36.0 Å². The van der Waals surface area contributed by atoms with E-state index in [1.54, 1.807) is 13.8 Å². The molecule has 0 aliphatic heterocycles. The van der Waals surface area contributed by atoms with Crippen LogP contribution in [-0.4, -0.2) is 34.1 Å². The first-order chi connectivity index (χ1) is 16.2. The smallest absolute Gasteiger partial charge is 0.273 e. The first kappa shape index (κ1) is 26.7. The number of rotatable bonds is 13. The van der Waals surface area contributed by atoms with Gasteiger partial charge in [0.1, 0.15) is 0 Å². The molecule has 0 bridgehead atoms. The molecule has 12 nitrogen and oxygen atoms in total. The van der Waals surface area contributed by atoms with Gasteiger partial charge >= 0.3 is 0 Å². The van der Waals surface area contributed by atoms with E-state index < -0.39 is 9.85 Å². The van der Waals surface area contributed by atoms with Gasteiger partial charge in [0, 0.05) is 25.0 Å². The number of nitrogens with one attached hydrogen (secondary N) is 2. The number of aryl methyl sites for hydroxylation is 2. The molecule has 0 atom stereocenters. The van der Waals surface area contributed by atoms with Crippen LogP contribution in [-0.2, 0) is 9.59 Å². The zero-order chi connectivity index (χ0) is 25.1. The maximum absolute atomic E-state index is 11.8. The Morgan fingerprint density at radius 1 is 0.824 bits per heavy atom. The molecule has 0 aromatic carbocycles. The molecule has 34 heavy (non-hydrogen) atoms. The van der Waals surface area contributed by atoms with Crippen LogP contribution < -0.4 is 10.9 Å². The topological polar surface area (TPSA) is 169 Å². The highest BCUT2D eigenvalue weighted by atomic mass is 32.1. The molecule has 2 aromatic rings. The Morgan fingerprint density at radius 3 is 1.53 bits per heavy atom. The van der Waals surface area contributed by atoms with Crippen molar-refractivity contribution in [3.05, 3.63) is 51.9 Å². The second-order valence-corrected chi connectivity index (χ2v) is 9.77. The molecule has 0 saturated heterocycles. The highest BCUT2D eigenvalue weighted by molar-refractivity contribution is 7.14. The van der Waals surface area contributed by atoms with Crippen LogP contribution in [0.5, 0.6) is 0 Å². The highest BCUT2D eigenvalue weighted by Crippen LogP contribution is 2.27. The molecule has 182 valence electrons. The number of nitro groups is 2. The van der Waals surface area contributed by atoms with E-state index in [1.807, 2.05) is 0 Å². The molecule has 0 unspecified atom stereocenters. The third kappa shape index (κ3) is 8.78. The Hall–Kier alpha value is -3.52. The number of thiophene rings is 2. The van der Waals surface area contributed by atoms with Crippen molar-refractivity contribution in [2.45, 2.75) is 52.4 Å². The Balaban J connectivity index is 1.56. The van der Waals surface area contributed by atoms with Gasteiger partial charge in [-0.25, -0.2) is 10.9 Å². The van der Waals surface area contributed by atoms with Gasteiger partial charge in [0.2, 0.25) is 11.8 Å². The van der Waals surface area contributed by atoms with Crippen molar-refractivity contribution in [3.63, 3.8) is 0 Å². The quantitative estimate of drug-likeness (QED) is 0.178. The van der Waals surface area contributed by atoms with Crippen molar-refractivity contribution in [2.24, 2.45) is 10.2 Å². The van der Waals surface area contributed by atoms with Gasteiger partial charge in [-0.05, 0) is 26.7 Å². The van der Waals surface area contributed by atoms with Gasteiger partial charge < -0.3 is 0 Å². The van der Waals surface area contributed by atoms with Crippen LogP contribution in [0.1, 0.15) is 58.0 Å². The van der Waals surface area contributed by atoms with Crippen LogP contribution >= 0.6 is 22.7 Å². The van der Waals surface area contributed by atoms with Gasteiger partial charge in [-0.15, -0.1) is 22.7 Å². The van der Waals surface area contributed by atoms with Crippen LogP contribution in [0.2, 0.25) is 0 Å². The van der Waals surface area contributed by atoms with E-state index in [2.05, 4.69) is 21.1 Å². The lowest BCUT2D eigenvalue weighted by molar-refractivity contribution is -0.385. The van der Waals surface area contributed by atoms with Crippen molar-refractivity contribution in [2.75, 3.05) is 0 Å². The molecule has 14 heteroatoms. The van der Waals surface area contributed by atoms with Gasteiger partial charge in [0.15, 0.2) is 0 Å². The molecule has 0 radical (unpaired) electrons. The predicted molar refractivity (Wildman–Crippen MR) is 131 cm³/mol. The standard InChI is InChI=1S/C20H24N6O6S2/c1-13-17(25(29)30)9-15(33-13)11-21-23-19(27)7-5-3-4-6-8-20(28)24-22-12-16-10-18(26(31)32)14(2)34-16/h9-12H,3-8H2,1-2H3,(H,23,27)(H,24,28). The van der Waals surface area contributed by atoms with Gasteiger partial charge in [0.05, 0.1) is 41.8 Å². The van der Waals surface area contributed by atoms with E-state index in [9.17, 15) is 29.8 Å². The summed E-state index contributed by atoms with van der Waals surface area (Å²) in [6.45, 7) is 3.30. The van der Waals surface area contributed by atoms with E-state index in [1.165, 1.54) is 47.2 Å². The van der Waals surface area contributed by atoms with Gasteiger partial charge in [-0.2, -0.15) is 10.2 Å². The Bertz CT molecular complexity index is 1020. The lowest BCUT2D eigenvalue weighted by Crippen LogP contribution is -2.17. The molecule has 2 rings (SSSR count). The van der Waals surface area contributed by atoms with Crippen LogP contribution in [0, 0.1) is 34.1 Å². The third-order valence-corrected chi connectivity index (χ3v) is 6.48. The van der Waals surface area contributed by atoms with E-state index in [0.29, 0.717) is 32.4 Å². The molecule has 0 fully saturated rings. The monoisotopic (exact) mass is 508 g/mol. The molecule has 2 N–H and O–H groups in total. The summed E-state index contributed by atoms with van der Waals surface area (Å²) >= 11 is 2.44. The molecule has 2 amide bonds. The first-order valence-corrected chi connectivity index (χ1v) is 11.9. The van der Waals surface area contributed by atoms with Crippen LogP contribution in [0.4, 0.5) is 11.4 Å². The fourth-order valence-electron chi connectivity index (χ4n) is 2.85. The number of unbranched alkanes of at least 4 members (excludes halogenated alkanes) is 3. The van der Waals surface area contributed by atoms with Gasteiger partial charge in [-0.3, -0.25) is 29.8 Å². The largest absolute Gasteiger partial charge is 0.283 e. The van der Waals surface area contributed by atoms with Gasteiger partial charge in [-0.1, -0.05) is 12.8 Å². The summed E-state index contributed by atoms with van der Waals surface area (Å²) in [4.78, 5) is 46.7. The fraction of sp³-hybridized carbons (Fsp3) is 0.400. The molecule has 2 aromatic heterocycles. The number of hydrogen-bond donors (Lipinski definition) is 2. The van der Waals surface area contributed by atoms with E-state index >= 15 is 0 Å². The zero-order valence-electron chi connectivity index (χ0n) is 18.6. The van der Waals surface area contributed by atoms with E-state index in [0.717, 1.165) is 12.8 Å². The average Bonchev–Trinajstić information content (AvgIpc) is 3.32. The number of amides is 2. The molecule has 0 saturated carbocycles. The molecular formula is C20H24N6O6S2. The minimum Gasteiger partial charge on any atom is -0.273 e. The first-order valence-electron chi connectivity index (χ1n) is 10.3. The van der Waals surface area contributed by atoms with Crippen LogP contribution in [0.25, 0.3) is 0 Å². The average molecular weight is 509 g/mol. The lowest BCUT2D eigenvalue weighted by Gasteiger charge is -2.01. The number of nitrogens with zero attached hydrogens (tertiary/aromatic N) is 4. The van der Waals surface area contributed by atoms with Crippen LogP contribution in [0.3, 0.4) is 0 Å². The third-order valence-electron chi connectivity index (χ3n) is 4.53. The predicted octanol–water partition coefficient (Wildman–Crippen LogP) is 4.18. The minimum absolute atomic E-state index is 0.0298. The lowest BCUT2D eigenvalue weighted by atomic mass is 10.1. The molecule has 0 spiro atoms. The van der Waals surface area contributed by atoms with Gasteiger partial charge in [0.25, 0.3) is 11.4 Å². The van der Waals surface area contributed by atoms with Crippen molar-refractivity contribution >= 4 is 58.3 Å². The Kier molecular flexibility index (Phi) is 10.4. The summed E-state index contributed by atoms with van der Waals surface area (Å²) in [5.74, 6) is -0.509. The summed E-state index contributed by atoms with van der Waals surface area (Å²) in [5.41, 5.74) is 4.85. The highest BCUT2D eigenvalue weighted by Gasteiger charge is 2.15. The molecule has 0 aliphatic carbocycles. The summed E-state index contributed by atoms with van der Waals surface area (Å²) in [5, 5.41) is 29.3. The molecule has 0 aliphatic rings. The summed E-state index contributed by atoms with van der Waals surface area (Å²) in [6.07, 6.45) is 6.13. The van der Waals surface area contributed by atoms with Crippen molar-refractivity contribution in [1.29, 1.82) is 0 Å². The Labute approximate surface area is 203 Å². The number of carbonyl (C=O) groups excluding carboxylic acids is 2. The second kappa shape index (κ2) is 13.3. The van der Waals surface area contributed by atoms with Crippen molar-refractivity contribution < 1.29 is 19.4 Å². The SMILES string of the molecule is Cc1sc(C=NNC(=O)CCCCCCC(=O)NN=Cc2cc([N+](=O)[O-])c(C)s2)cc1[N+](=O)[O-]. The van der Waals surface area contributed by atoms with Crippen molar-refractivity contribution in [1.82, 2.24) is 10.9 Å².